The van der Waals surface area contributed by atoms with Gasteiger partial charge in [0.15, 0.2) is 11.5 Å². The number of methoxy groups -OCH3 is 1. The van der Waals surface area contributed by atoms with Gasteiger partial charge >= 0.3 is 0 Å². The van der Waals surface area contributed by atoms with Crippen molar-refractivity contribution < 1.29 is 9.47 Å². The maximum atomic E-state index is 13.0. The molecular formula is C24H16Br4ClN3O3. The molecule has 0 aliphatic carbocycles. The van der Waals surface area contributed by atoms with Crippen LogP contribution in [0.4, 0.5) is 0 Å². The minimum atomic E-state index is -0.278. The number of aryl methyl sites for hydroxylation is 1. The maximum absolute atomic E-state index is 13.0. The summed E-state index contributed by atoms with van der Waals surface area (Å²) in [4.78, 5) is 17.5. The second-order valence-corrected chi connectivity index (χ2v) is 11.2. The number of ether oxygens (including phenoxy) is 2. The fourth-order valence-corrected chi connectivity index (χ4v) is 5.47. The molecule has 0 saturated carbocycles. The smallest absolute Gasteiger partial charge is 0.282 e. The fraction of sp³-hybridized carbons (Fsp3) is 0.125. The van der Waals surface area contributed by atoms with Crippen LogP contribution in [-0.2, 0) is 6.61 Å². The number of fused-ring (bicyclic) bond motifs is 1. The van der Waals surface area contributed by atoms with Gasteiger partial charge in [0.2, 0.25) is 0 Å². The van der Waals surface area contributed by atoms with Gasteiger partial charge in [-0.05, 0) is 59.3 Å². The molecule has 0 unspecified atom stereocenters. The molecule has 0 aliphatic rings. The van der Waals surface area contributed by atoms with Crippen LogP contribution in [0.3, 0.4) is 0 Å². The van der Waals surface area contributed by atoms with E-state index in [-0.39, 0.29) is 12.2 Å². The Kier molecular flexibility index (Phi) is 8.38. The van der Waals surface area contributed by atoms with Crippen molar-refractivity contribution in [3.8, 4) is 11.5 Å². The van der Waals surface area contributed by atoms with Gasteiger partial charge in [-0.25, -0.2) is 4.98 Å². The minimum absolute atomic E-state index is 0.275. The number of aromatic nitrogens is 2. The van der Waals surface area contributed by atoms with E-state index < -0.39 is 0 Å². The fourth-order valence-electron chi connectivity index (χ4n) is 3.29. The second kappa shape index (κ2) is 11.1. The second-order valence-electron chi connectivity index (χ2n) is 7.33. The average molecular weight is 749 g/mol. The summed E-state index contributed by atoms with van der Waals surface area (Å²) >= 11 is 20.5. The van der Waals surface area contributed by atoms with Crippen LogP contribution in [0.15, 0.2) is 70.3 Å². The van der Waals surface area contributed by atoms with Gasteiger partial charge in [-0.15, -0.1) is 0 Å². The minimum Gasteiger partial charge on any atom is -0.493 e. The van der Waals surface area contributed by atoms with Crippen LogP contribution < -0.4 is 15.0 Å². The molecule has 0 atom stereocenters. The first-order valence-corrected chi connectivity index (χ1v) is 13.6. The molecule has 4 rings (SSSR count). The summed E-state index contributed by atoms with van der Waals surface area (Å²) in [6.07, 6.45) is 1.52. The molecule has 1 aromatic heterocycles. The third-order valence-electron chi connectivity index (χ3n) is 5.05. The Labute approximate surface area is 239 Å². The van der Waals surface area contributed by atoms with E-state index in [2.05, 4.69) is 73.8 Å². The quantitative estimate of drug-likeness (QED) is 0.188. The Bertz CT molecular complexity index is 1540. The van der Waals surface area contributed by atoms with Crippen molar-refractivity contribution in [2.24, 2.45) is 5.10 Å². The normalized spacial score (nSPS) is 11.4. The Balaban J connectivity index is 1.69. The molecule has 180 valence electrons. The molecule has 35 heavy (non-hydrogen) atoms. The number of halogens is 5. The molecule has 0 N–H and O–H groups in total. The SMILES string of the molecule is COc1cc(C=Nn2c(C)nc3ccc(Br)cc3c2=O)c(Br)c(Cl)c1OCc1ccc(Br)cc1Br. The van der Waals surface area contributed by atoms with Gasteiger partial charge in [0, 0.05) is 29.0 Å². The number of hydrogen-bond acceptors (Lipinski definition) is 5. The van der Waals surface area contributed by atoms with Gasteiger partial charge in [0.05, 0.1) is 24.2 Å². The van der Waals surface area contributed by atoms with Crippen LogP contribution in [-0.4, -0.2) is 23.0 Å². The van der Waals surface area contributed by atoms with E-state index in [0.717, 1.165) is 19.0 Å². The lowest BCUT2D eigenvalue weighted by molar-refractivity contribution is 0.284. The third-order valence-corrected chi connectivity index (χ3v) is 8.21. The van der Waals surface area contributed by atoms with E-state index in [4.69, 9.17) is 21.1 Å². The highest BCUT2D eigenvalue weighted by Crippen LogP contribution is 2.42. The highest BCUT2D eigenvalue weighted by molar-refractivity contribution is 9.11. The first kappa shape index (κ1) is 26.3. The van der Waals surface area contributed by atoms with E-state index >= 15 is 0 Å². The molecular weight excluding hydrogens is 733 g/mol. The number of rotatable bonds is 6. The van der Waals surface area contributed by atoms with Crippen LogP contribution in [0.25, 0.3) is 10.9 Å². The summed E-state index contributed by atoms with van der Waals surface area (Å²) in [6.45, 7) is 2.00. The van der Waals surface area contributed by atoms with E-state index in [9.17, 15) is 4.79 Å². The third kappa shape index (κ3) is 5.67. The zero-order valence-corrected chi connectivity index (χ0v) is 25.4. The van der Waals surface area contributed by atoms with E-state index in [0.29, 0.717) is 43.3 Å². The van der Waals surface area contributed by atoms with Crippen molar-refractivity contribution in [1.82, 2.24) is 9.66 Å². The Morgan fingerprint density at radius 2 is 1.80 bits per heavy atom. The number of nitrogens with zero attached hydrogens (tertiary/aromatic N) is 3. The van der Waals surface area contributed by atoms with Gasteiger partial charge in [-0.1, -0.05) is 65.5 Å². The average Bonchev–Trinajstić information content (AvgIpc) is 2.82. The van der Waals surface area contributed by atoms with Gasteiger partial charge in [-0.2, -0.15) is 9.78 Å². The monoisotopic (exact) mass is 745 g/mol. The summed E-state index contributed by atoms with van der Waals surface area (Å²) in [5, 5.41) is 5.16. The van der Waals surface area contributed by atoms with Gasteiger partial charge in [0.25, 0.3) is 5.56 Å². The first-order valence-electron chi connectivity index (χ1n) is 10.1. The lowest BCUT2D eigenvalue weighted by Gasteiger charge is -2.16. The Morgan fingerprint density at radius 3 is 2.51 bits per heavy atom. The maximum Gasteiger partial charge on any atom is 0.282 e. The summed E-state index contributed by atoms with van der Waals surface area (Å²) in [6, 6.07) is 12.9. The van der Waals surface area contributed by atoms with Gasteiger partial charge in [0.1, 0.15) is 17.5 Å². The molecule has 1 heterocycles. The molecule has 6 nitrogen and oxygen atoms in total. The van der Waals surface area contributed by atoms with Crippen molar-refractivity contribution in [1.29, 1.82) is 0 Å². The molecule has 0 bridgehead atoms. The Hall–Kier alpha value is -1.72. The molecule has 0 spiro atoms. The molecule has 0 radical (unpaired) electrons. The lowest BCUT2D eigenvalue weighted by Crippen LogP contribution is -2.20. The first-order chi connectivity index (χ1) is 16.7. The van der Waals surface area contributed by atoms with Crippen molar-refractivity contribution in [3.63, 3.8) is 0 Å². The predicted molar refractivity (Wildman–Crippen MR) is 153 cm³/mol. The molecule has 0 saturated heterocycles. The largest absolute Gasteiger partial charge is 0.493 e. The summed E-state index contributed by atoms with van der Waals surface area (Å²) in [5.74, 6) is 1.27. The van der Waals surface area contributed by atoms with E-state index in [1.807, 2.05) is 24.3 Å². The standard InChI is InChI=1S/C24H16Br4ClN3O3/c1-12-31-19-6-5-15(25)8-17(19)24(33)32(12)30-10-14-7-20(34-2)23(22(29)21(14)28)35-11-13-3-4-16(26)9-18(13)27/h3-10H,11H2,1-2H3. The van der Waals surface area contributed by atoms with Crippen LogP contribution >= 0.6 is 75.3 Å². The molecule has 0 fully saturated rings. The molecule has 4 aromatic rings. The zero-order chi connectivity index (χ0) is 25.3. The number of hydrogen-bond donors (Lipinski definition) is 0. The predicted octanol–water partition coefficient (Wildman–Crippen LogP) is 7.88. The van der Waals surface area contributed by atoms with Crippen LogP contribution in [0.1, 0.15) is 17.0 Å². The topological polar surface area (TPSA) is 65.7 Å². The lowest BCUT2D eigenvalue weighted by atomic mass is 10.2. The summed E-state index contributed by atoms with van der Waals surface area (Å²) < 4.78 is 16.0. The van der Waals surface area contributed by atoms with Gasteiger partial charge in [-0.3, -0.25) is 4.79 Å². The van der Waals surface area contributed by atoms with Crippen molar-refractivity contribution in [2.45, 2.75) is 13.5 Å². The highest BCUT2D eigenvalue weighted by Gasteiger charge is 2.18. The summed E-state index contributed by atoms with van der Waals surface area (Å²) in [7, 11) is 1.53. The van der Waals surface area contributed by atoms with Crippen molar-refractivity contribution >= 4 is 92.4 Å². The highest BCUT2D eigenvalue weighted by atomic mass is 79.9. The van der Waals surface area contributed by atoms with Crippen molar-refractivity contribution in [3.05, 3.63) is 92.7 Å². The van der Waals surface area contributed by atoms with E-state index in [1.165, 1.54) is 18.0 Å². The molecule has 3 aromatic carbocycles. The van der Waals surface area contributed by atoms with Crippen LogP contribution in [0.5, 0.6) is 11.5 Å². The molecule has 0 aliphatic heterocycles. The van der Waals surface area contributed by atoms with E-state index in [1.54, 1.807) is 25.1 Å². The summed E-state index contributed by atoms with van der Waals surface area (Å²) in [5.41, 5.74) is 1.87. The van der Waals surface area contributed by atoms with Crippen LogP contribution in [0, 0.1) is 6.92 Å². The Morgan fingerprint density at radius 1 is 1.09 bits per heavy atom. The zero-order valence-electron chi connectivity index (χ0n) is 18.3. The molecule has 11 heteroatoms. The van der Waals surface area contributed by atoms with Crippen molar-refractivity contribution in [2.75, 3.05) is 7.11 Å². The van der Waals surface area contributed by atoms with Crippen LogP contribution in [0.2, 0.25) is 5.02 Å². The van der Waals surface area contributed by atoms with Gasteiger partial charge < -0.3 is 9.47 Å². The number of benzene rings is 3. The molecule has 0 amide bonds.